The molecule has 4 aromatic carbocycles. The Bertz CT molecular complexity index is 1350. The molecule has 0 fully saturated rings. The molecule has 0 amide bonds. The summed E-state index contributed by atoms with van der Waals surface area (Å²) in [5.74, 6) is 1.25. The van der Waals surface area contributed by atoms with Gasteiger partial charge in [0.25, 0.3) is 0 Å². The third kappa shape index (κ3) is 3.13. The Kier molecular flexibility index (Phi) is 4.81. The number of benzene rings is 4. The first-order valence-corrected chi connectivity index (χ1v) is 11.2. The standard InChI is InChI=1S/C29H29NO/c1-17(2)26-16-31-29(30-26)28-24-13-7-6-10-21(24)14-15-25(28)27-19(4)18(3)22-11-8-9-12-23(22)20(27)5/h6-15,17,26H,16H2,1-5H3/t26-/m1/s1. The van der Waals surface area contributed by atoms with Crippen molar-refractivity contribution >= 4 is 27.4 Å². The Hall–Kier alpha value is -3.13. The Labute approximate surface area is 184 Å². The van der Waals surface area contributed by atoms with E-state index in [0.717, 1.165) is 11.5 Å². The summed E-state index contributed by atoms with van der Waals surface area (Å²) < 4.78 is 6.23. The van der Waals surface area contributed by atoms with E-state index in [4.69, 9.17) is 9.73 Å². The van der Waals surface area contributed by atoms with Crippen molar-refractivity contribution in [2.75, 3.05) is 6.61 Å². The molecule has 5 rings (SSSR count). The van der Waals surface area contributed by atoms with Crippen molar-refractivity contribution in [3.05, 3.63) is 82.9 Å². The maximum Gasteiger partial charge on any atom is 0.217 e. The highest BCUT2D eigenvalue weighted by Gasteiger charge is 2.27. The summed E-state index contributed by atoms with van der Waals surface area (Å²) in [5, 5.41) is 5.06. The van der Waals surface area contributed by atoms with E-state index in [0.29, 0.717) is 12.5 Å². The highest BCUT2D eigenvalue weighted by atomic mass is 16.5. The number of hydrogen-bond acceptors (Lipinski definition) is 2. The van der Waals surface area contributed by atoms with Crippen LogP contribution in [0.2, 0.25) is 0 Å². The molecule has 0 bridgehead atoms. The second-order valence-electron chi connectivity index (χ2n) is 9.06. The summed E-state index contributed by atoms with van der Waals surface area (Å²) in [6.45, 7) is 11.8. The van der Waals surface area contributed by atoms with Crippen LogP contribution in [0.1, 0.15) is 36.1 Å². The van der Waals surface area contributed by atoms with Crippen LogP contribution in [-0.4, -0.2) is 18.5 Å². The molecule has 1 aliphatic heterocycles. The molecule has 0 radical (unpaired) electrons. The quantitative estimate of drug-likeness (QED) is 0.347. The number of aliphatic imine (C=N–C) groups is 1. The smallest absolute Gasteiger partial charge is 0.217 e. The fraction of sp³-hybridized carbons (Fsp3) is 0.276. The zero-order valence-electron chi connectivity index (χ0n) is 19.0. The van der Waals surface area contributed by atoms with Crippen LogP contribution >= 0.6 is 0 Å². The van der Waals surface area contributed by atoms with Gasteiger partial charge in [0.1, 0.15) is 6.61 Å². The largest absolute Gasteiger partial charge is 0.475 e. The van der Waals surface area contributed by atoms with Gasteiger partial charge in [-0.2, -0.15) is 0 Å². The van der Waals surface area contributed by atoms with Crippen LogP contribution in [0.4, 0.5) is 0 Å². The van der Waals surface area contributed by atoms with Crippen LogP contribution in [-0.2, 0) is 4.74 Å². The molecule has 0 aromatic heterocycles. The van der Waals surface area contributed by atoms with Crippen molar-refractivity contribution in [1.82, 2.24) is 0 Å². The fourth-order valence-corrected chi connectivity index (χ4v) is 4.92. The monoisotopic (exact) mass is 407 g/mol. The number of nitrogens with zero attached hydrogens (tertiary/aromatic N) is 1. The summed E-state index contributed by atoms with van der Waals surface area (Å²) >= 11 is 0. The average molecular weight is 408 g/mol. The van der Waals surface area contributed by atoms with E-state index in [2.05, 4.69) is 95.3 Å². The number of ether oxygens (including phenoxy) is 1. The first kappa shape index (κ1) is 19.8. The zero-order chi connectivity index (χ0) is 21.7. The minimum absolute atomic E-state index is 0.211. The SMILES string of the molecule is Cc1c(-c2ccc3ccccc3c2C2=N[C@@H](C(C)C)CO2)c(C)c2ccccc2c1C. The Morgan fingerprint density at radius 3 is 2.06 bits per heavy atom. The lowest BCUT2D eigenvalue weighted by atomic mass is 9.84. The lowest BCUT2D eigenvalue weighted by Gasteiger charge is -2.20. The van der Waals surface area contributed by atoms with E-state index in [-0.39, 0.29) is 6.04 Å². The van der Waals surface area contributed by atoms with E-state index >= 15 is 0 Å². The maximum absolute atomic E-state index is 6.23. The van der Waals surface area contributed by atoms with Gasteiger partial charge in [0.2, 0.25) is 5.90 Å². The van der Waals surface area contributed by atoms with Gasteiger partial charge in [-0.1, -0.05) is 74.5 Å². The van der Waals surface area contributed by atoms with Crippen molar-refractivity contribution < 1.29 is 4.74 Å². The molecule has 2 nitrogen and oxygen atoms in total. The van der Waals surface area contributed by atoms with Crippen molar-refractivity contribution in [1.29, 1.82) is 0 Å². The van der Waals surface area contributed by atoms with Crippen LogP contribution in [0, 0.1) is 26.7 Å². The molecule has 2 heteroatoms. The Morgan fingerprint density at radius 2 is 1.39 bits per heavy atom. The highest BCUT2D eigenvalue weighted by Crippen LogP contribution is 2.40. The predicted molar refractivity (Wildman–Crippen MR) is 132 cm³/mol. The molecule has 0 unspecified atom stereocenters. The summed E-state index contributed by atoms with van der Waals surface area (Å²) in [6.07, 6.45) is 0. The molecule has 0 saturated carbocycles. The molecule has 0 saturated heterocycles. The molecule has 0 aliphatic carbocycles. The van der Waals surface area contributed by atoms with Gasteiger partial charge in [0, 0.05) is 0 Å². The van der Waals surface area contributed by atoms with Crippen LogP contribution in [0.15, 0.2) is 65.7 Å². The van der Waals surface area contributed by atoms with E-state index in [9.17, 15) is 0 Å². The number of rotatable bonds is 3. The second-order valence-corrected chi connectivity index (χ2v) is 9.06. The topological polar surface area (TPSA) is 21.6 Å². The van der Waals surface area contributed by atoms with Gasteiger partial charge >= 0.3 is 0 Å². The third-order valence-corrected chi connectivity index (χ3v) is 6.90. The molecule has 156 valence electrons. The van der Waals surface area contributed by atoms with Crippen LogP contribution in [0.5, 0.6) is 0 Å². The van der Waals surface area contributed by atoms with Gasteiger partial charge in [-0.3, -0.25) is 0 Å². The normalized spacial score (nSPS) is 16.2. The summed E-state index contributed by atoms with van der Waals surface area (Å²) in [4.78, 5) is 5.03. The van der Waals surface area contributed by atoms with E-state index in [1.165, 1.54) is 49.4 Å². The van der Waals surface area contributed by atoms with Gasteiger partial charge < -0.3 is 4.74 Å². The third-order valence-electron chi connectivity index (χ3n) is 6.90. The fourth-order valence-electron chi connectivity index (χ4n) is 4.92. The predicted octanol–water partition coefficient (Wildman–Crippen LogP) is 7.39. The van der Waals surface area contributed by atoms with Crippen molar-refractivity contribution in [2.24, 2.45) is 10.9 Å². The Morgan fingerprint density at radius 1 is 0.742 bits per heavy atom. The lowest BCUT2D eigenvalue weighted by molar-refractivity contribution is 0.292. The van der Waals surface area contributed by atoms with Crippen molar-refractivity contribution in [3.8, 4) is 11.1 Å². The highest BCUT2D eigenvalue weighted by molar-refractivity contribution is 6.14. The maximum atomic E-state index is 6.23. The summed E-state index contributed by atoms with van der Waals surface area (Å²) in [7, 11) is 0. The number of hydrogen-bond donors (Lipinski definition) is 0. The van der Waals surface area contributed by atoms with E-state index in [1.54, 1.807) is 0 Å². The molecular formula is C29H29NO. The molecule has 4 aromatic rings. The molecule has 31 heavy (non-hydrogen) atoms. The molecule has 0 N–H and O–H groups in total. The van der Waals surface area contributed by atoms with E-state index < -0.39 is 0 Å². The number of aryl methyl sites for hydroxylation is 2. The molecule has 1 aliphatic rings. The molecule has 0 spiro atoms. The van der Waals surface area contributed by atoms with Gasteiger partial charge in [-0.15, -0.1) is 0 Å². The minimum atomic E-state index is 0.211. The molecule has 1 heterocycles. The Balaban J connectivity index is 1.86. The average Bonchev–Trinajstić information content (AvgIpc) is 3.28. The molecular weight excluding hydrogens is 378 g/mol. The van der Waals surface area contributed by atoms with Crippen molar-refractivity contribution in [3.63, 3.8) is 0 Å². The first-order chi connectivity index (χ1) is 15.0. The van der Waals surface area contributed by atoms with Gasteiger partial charge in [-0.25, -0.2) is 4.99 Å². The van der Waals surface area contributed by atoms with Crippen molar-refractivity contribution in [2.45, 2.75) is 40.7 Å². The summed E-state index contributed by atoms with van der Waals surface area (Å²) in [6, 6.07) is 22.0. The van der Waals surface area contributed by atoms with Crippen LogP contribution in [0.25, 0.3) is 32.7 Å². The minimum Gasteiger partial charge on any atom is -0.475 e. The second kappa shape index (κ2) is 7.53. The van der Waals surface area contributed by atoms with Gasteiger partial charge in [-0.05, 0) is 76.1 Å². The molecule has 1 atom stereocenters. The zero-order valence-corrected chi connectivity index (χ0v) is 19.0. The lowest BCUT2D eigenvalue weighted by Crippen LogP contribution is -2.13. The summed E-state index contributed by atoms with van der Waals surface area (Å²) in [5.41, 5.74) is 7.62. The van der Waals surface area contributed by atoms with Crippen LogP contribution < -0.4 is 0 Å². The van der Waals surface area contributed by atoms with E-state index in [1.807, 2.05) is 0 Å². The number of fused-ring (bicyclic) bond motifs is 2. The van der Waals surface area contributed by atoms with Gasteiger partial charge in [0.15, 0.2) is 0 Å². The first-order valence-electron chi connectivity index (χ1n) is 11.2. The van der Waals surface area contributed by atoms with Gasteiger partial charge in [0.05, 0.1) is 11.6 Å². The van der Waals surface area contributed by atoms with Crippen LogP contribution in [0.3, 0.4) is 0 Å².